The molecule has 5 heterocycles. The van der Waals surface area contributed by atoms with E-state index in [4.69, 9.17) is 23.4 Å². The summed E-state index contributed by atoms with van der Waals surface area (Å²) in [5, 5.41) is 14.6. The number of rotatable bonds is 5. The summed E-state index contributed by atoms with van der Waals surface area (Å²) in [5.41, 5.74) is 0.863. The van der Waals surface area contributed by atoms with Crippen LogP contribution in [0.4, 0.5) is 0 Å². The molecule has 2 fully saturated rings. The number of hydrogen-bond acceptors (Lipinski definition) is 8. The second kappa shape index (κ2) is 6.83. The third-order valence-corrected chi connectivity index (χ3v) is 5.71. The Morgan fingerprint density at radius 1 is 1.07 bits per heavy atom. The largest absolute Gasteiger partial charge is 0.463 e. The summed E-state index contributed by atoms with van der Waals surface area (Å²) in [6.07, 6.45) is 1.59. The predicted octanol–water partition coefficient (Wildman–Crippen LogP) is 0.133. The molecule has 0 bridgehead atoms. The molecule has 150 valence electrons. The first kappa shape index (κ1) is 17.0. The molecule has 29 heavy (non-hydrogen) atoms. The van der Waals surface area contributed by atoms with E-state index in [0.29, 0.717) is 24.8 Å². The highest BCUT2D eigenvalue weighted by molar-refractivity contribution is 5.61. The van der Waals surface area contributed by atoms with Crippen molar-refractivity contribution in [3.05, 3.63) is 42.4 Å². The molecule has 6 rings (SSSR count). The summed E-state index contributed by atoms with van der Waals surface area (Å²) in [7, 11) is 0. The maximum Gasteiger partial charge on any atom is 0.231 e. The number of fused-ring (bicyclic) bond motifs is 2. The Morgan fingerprint density at radius 3 is 2.93 bits per heavy atom. The first-order valence-electron chi connectivity index (χ1n) is 9.63. The molecule has 0 saturated carbocycles. The highest BCUT2D eigenvalue weighted by Gasteiger charge is 2.51. The van der Waals surface area contributed by atoms with Crippen LogP contribution in [0.2, 0.25) is 0 Å². The van der Waals surface area contributed by atoms with Crippen LogP contribution in [0.5, 0.6) is 11.5 Å². The number of nitrogens with zero attached hydrogens (tertiary/aromatic N) is 4. The normalized spacial score (nSPS) is 27.4. The van der Waals surface area contributed by atoms with Gasteiger partial charge in [0.25, 0.3) is 0 Å². The fourth-order valence-corrected chi connectivity index (χ4v) is 4.26. The Labute approximate surface area is 165 Å². The van der Waals surface area contributed by atoms with Gasteiger partial charge in [-0.2, -0.15) is 0 Å². The van der Waals surface area contributed by atoms with Gasteiger partial charge in [-0.15, -0.1) is 5.10 Å². The average Bonchev–Trinajstić information content (AvgIpc) is 3.55. The van der Waals surface area contributed by atoms with Gasteiger partial charge in [0.05, 0.1) is 12.9 Å². The number of nitrogens with two attached hydrogens (primary N) is 1. The number of tetrazole rings is 1. The standard InChI is InChI=1S/C19H19N5O5/c1-2-12(25-5-1)7-20-13-8-26-18-14(9-27-17(13)18)24-19(21-22-23-24)11-3-4-15-16(6-11)29-10-28-15/h1-6,13-14,17-18,20H,7-10H2/p+1/t13-,14-,17+,18+/m0/s1. The molecule has 3 aliphatic rings. The first-order chi connectivity index (χ1) is 14.4. The van der Waals surface area contributed by atoms with Crippen LogP contribution >= 0.6 is 0 Å². The van der Waals surface area contributed by atoms with Crippen molar-refractivity contribution >= 4 is 0 Å². The first-order valence-corrected chi connectivity index (χ1v) is 9.63. The summed E-state index contributed by atoms with van der Waals surface area (Å²) >= 11 is 0. The zero-order chi connectivity index (χ0) is 19.2. The maximum atomic E-state index is 6.11. The highest BCUT2D eigenvalue weighted by atomic mass is 16.7. The van der Waals surface area contributed by atoms with Gasteiger partial charge in [0, 0.05) is 5.56 Å². The second-order valence-electron chi connectivity index (χ2n) is 7.36. The summed E-state index contributed by atoms with van der Waals surface area (Å²) in [5.74, 6) is 3.02. The molecule has 3 aromatic rings. The van der Waals surface area contributed by atoms with Gasteiger partial charge in [-0.3, -0.25) is 0 Å². The van der Waals surface area contributed by atoms with Gasteiger partial charge in [-0.1, -0.05) is 0 Å². The molecule has 0 aliphatic carbocycles. The predicted molar refractivity (Wildman–Crippen MR) is 96.0 cm³/mol. The van der Waals surface area contributed by atoms with Gasteiger partial charge >= 0.3 is 0 Å². The molecular formula is C19H20N5O5+. The van der Waals surface area contributed by atoms with E-state index < -0.39 is 0 Å². The highest BCUT2D eigenvalue weighted by Crippen LogP contribution is 2.38. The van der Waals surface area contributed by atoms with Crippen LogP contribution in [-0.4, -0.2) is 58.5 Å². The van der Waals surface area contributed by atoms with Gasteiger partial charge < -0.3 is 28.7 Å². The quantitative estimate of drug-likeness (QED) is 0.646. The molecule has 10 heteroatoms. The summed E-state index contributed by atoms with van der Waals surface area (Å²) in [6, 6.07) is 9.69. The number of hydrogen-bond donors (Lipinski definition) is 1. The third-order valence-electron chi connectivity index (χ3n) is 5.71. The van der Waals surface area contributed by atoms with E-state index in [-0.39, 0.29) is 31.1 Å². The van der Waals surface area contributed by atoms with E-state index in [1.54, 1.807) is 10.9 Å². The van der Waals surface area contributed by atoms with Gasteiger partial charge in [-0.05, 0) is 40.8 Å². The smallest absolute Gasteiger partial charge is 0.231 e. The van der Waals surface area contributed by atoms with E-state index in [1.165, 1.54) is 0 Å². The molecule has 3 aliphatic heterocycles. The zero-order valence-electron chi connectivity index (χ0n) is 15.5. The lowest BCUT2D eigenvalue weighted by Crippen LogP contribution is -2.91. The van der Waals surface area contributed by atoms with Crippen LogP contribution in [0.25, 0.3) is 11.4 Å². The van der Waals surface area contributed by atoms with Gasteiger partial charge in [0.2, 0.25) is 6.79 Å². The maximum absolute atomic E-state index is 6.11. The van der Waals surface area contributed by atoms with Gasteiger partial charge in [-0.25, -0.2) is 4.68 Å². The van der Waals surface area contributed by atoms with Gasteiger partial charge in [0.1, 0.15) is 37.4 Å². The average molecular weight is 398 g/mol. The Morgan fingerprint density at radius 2 is 2.00 bits per heavy atom. The molecule has 0 unspecified atom stereocenters. The molecule has 0 radical (unpaired) electrons. The lowest BCUT2D eigenvalue weighted by Gasteiger charge is -2.17. The Balaban J connectivity index is 1.21. The van der Waals surface area contributed by atoms with E-state index in [2.05, 4.69) is 20.8 Å². The van der Waals surface area contributed by atoms with Crippen LogP contribution in [0.3, 0.4) is 0 Å². The SMILES string of the molecule is c1coc(C[NH2+][C@H]2CO[C@H]3[C@@H]2OC[C@@H]3n2nnnc2-c2ccc3c(c2)OCO3)c1. The summed E-state index contributed by atoms with van der Waals surface area (Å²) < 4.78 is 30.3. The zero-order valence-corrected chi connectivity index (χ0v) is 15.5. The van der Waals surface area contributed by atoms with E-state index >= 15 is 0 Å². The number of benzene rings is 1. The minimum absolute atomic E-state index is 0.0104. The number of aromatic nitrogens is 4. The molecule has 0 amide bonds. The summed E-state index contributed by atoms with van der Waals surface area (Å²) in [4.78, 5) is 0. The lowest BCUT2D eigenvalue weighted by atomic mass is 10.1. The van der Waals surface area contributed by atoms with E-state index in [9.17, 15) is 0 Å². The minimum Gasteiger partial charge on any atom is -0.463 e. The van der Waals surface area contributed by atoms with E-state index in [0.717, 1.165) is 23.6 Å². The van der Waals surface area contributed by atoms with Gasteiger partial charge in [0.15, 0.2) is 23.1 Å². The van der Waals surface area contributed by atoms with Crippen LogP contribution in [0, 0.1) is 0 Å². The molecule has 10 nitrogen and oxygen atoms in total. The van der Waals surface area contributed by atoms with Crippen LogP contribution < -0.4 is 14.8 Å². The molecule has 2 N–H and O–H groups in total. The van der Waals surface area contributed by atoms with E-state index in [1.807, 2.05) is 30.3 Å². The number of quaternary nitrogens is 1. The lowest BCUT2D eigenvalue weighted by molar-refractivity contribution is -0.709. The molecular weight excluding hydrogens is 378 g/mol. The van der Waals surface area contributed by atoms with Crippen molar-refractivity contribution in [3.63, 3.8) is 0 Å². The third kappa shape index (κ3) is 2.87. The fourth-order valence-electron chi connectivity index (χ4n) is 4.26. The number of furan rings is 1. The molecule has 4 atom stereocenters. The van der Waals surface area contributed by atoms with Crippen molar-refractivity contribution in [2.24, 2.45) is 0 Å². The molecule has 1 aromatic carbocycles. The van der Waals surface area contributed by atoms with Crippen molar-refractivity contribution in [3.8, 4) is 22.9 Å². The van der Waals surface area contributed by atoms with Crippen LogP contribution in [0.1, 0.15) is 11.8 Å². The minimum atomic E-state index is -0.0934. The van der Waals surface area contributed by atoms with Crippen molar-refractivity contribution in [1.82, 2.24) is 20.2 Å². The summed E-state index contributed by atoms with van der Waals surface area (Å²) in [6.45, 7) is 2.11. The van der Waals surface area contributed by atoms with Crippen LogP contribution in [-0.2, 0) is 16.0 Å². The second-order valence-corrected chi connectivity index (χ2v) is 7.36. The topological polar surface area (TPSA) is 110 Å². The Hall–Kier alpha value is -2.95. The van der Waals surface area contributed by atoms with Crippen molar-refractivity contribution in [2.45, 2.75) is 30.8 Å². The molecule has 0 spiro atoms. The van der Waals surface area contributed by atoms with Crippen molar-refractivity contribution < 1.29 is 28.7 Å². The molecule has 2 aromatic heterocycles. The monoisotopic (exact) mass is 398 g/mol. The fraction of sp³-hybridized carbons (Fsp3) is 0.421. The molecule has 2 saturated heterocycles. The van der Waals surface area contributed by atoms with Crippen molar-refractivity contribution in [2.75, 3.05) is 20.0 Å². The Bertz CT molecular complexity index is 1010. The number of ether oxygens (including phenoxy) is 4. The Kier molecular flexibility index (Phi) is 3.99. The van der Waals surface area contributed by atoms with Crippen molar-refractivity contribution in [1.29, 1.82) is 0 Å². The van der Waals surface area contributed by atoms with Crippen LogP contribution in [0.15, 0.2) is 41.0 Å².